The summed E-state index contributed by atoms with van der Waals surface area (Å²) in [4.78, 5) is 0.451. The van der Waals surface area contributed by atoms with Gasteiger partial charge in [0.05, 0.1) is 0 Å². The van der Waals surface area contributed by atoms with Gasteiger partial charge in [-0.3, -0.25) is 0 Å². The molecule has 0 fully saturated rings. The summed E-state index contributed by atoms with van der Waals surface area (Å²) in [5.74, 6) is 0. The fraction of sp³-hybridized carbons (Fsp3) is 0.250. The van der Waals surface area contributed by atoms with Gasteiger partial charge in [-0.25, -0.2) is 0 Å². The molecule has 0 radical (unpaired) electrons. The fourth-order valence-electron chi connectivity index (χ4n) is 0.360. The summed E-state index contributed by atoms with van der Waals surface area (Å²) in [5, 5.41) is 0. The zero-order chi connectivity index (χ0) is 7.11. The average Bonchev–Trinajstić information content (AvgIpc) is 1.80. The summed E-state index contributed by atoms with van der Waals surface area (Å²) in [5.41, 5.74) is 0. The Morgan fingerprint density at radius 2 is 2.00 bits per heavy atom. The largest absolute Gasteiger partial charge is 0.0991 e. The van der Waals surface area contributed by atoms with Crippen molar-refractivity contribution in [3.05, 3.63) is 37.0 Å². The summed E-state index contributed by atoms with van der Waals surface area (Å²) in [6, 6.07) is 0. The zero-order valence-corrected chi connectivity index (χ0v) is 7.14. The second-order valence-corrected chi connectivity index (χ2v) is 3.13. The lowest BCUT2D eigenvalue weighted by Crippen LogP contribution is -1.77. The van der Waals surface area contributed by atoms with Gasteiger partial charge in [-0.2, -0.15) is 0 Å². The molecule has 0 saturated heterocycles. The van der Waals surface area contributed by atoms with Crippen molar-refractivity contribution in [2.75, 3.05) is 0 Å². The maximum absolute atomic E-state index is 3.54. The van der Waals surface area contributed by atoms with Crippen LogP contribution in [0.15, 0.2) is 37.0 Å². The summed E-state index contributed by atoms with van der Waals surface area (Å²) < 4.78 is 0. The smallest absolute Gasteiger partial charge is 0.0300 e. The monoisotopic (exact) mass is 186 g/mol. The van der Waals surface area contributed by atoms with Gasteiger partial charge in [0.2, 0.25) is 0 Å². The van der Waals surface area contributed by atoms with E-state index in [1.165, 1.54) is 0 Å². The third-order valence-corrected chi connectivity index (χ3v) is 1.04. The Labute approximate surface area is 65.1 Å². The Bertz CT molecular complexity index is 121. The van der Waals surface area contributed by atoms with Gasteiger partial charge in [0, 0.05) is 4.83 Å². The van der Waals surface area contributed by atoms with Crippen LogP contribution in [-0.4, -0.2) is 4.83 Å². The number of allylic oxidation sites excluding steroid dienone is 5. The van der Waals surface area contributed by atoms with E-state index < -0.39 is 0 Å². The van der Waals surface area contributed by atoms with Gasteiger partial charge in [0.15, 0.2) is 0 Å². The second-order valence-electron chi connectivity index (χ2n) is 1.68. The zero-order valence-electron chi connectivity index (χ0n) is 5.55. The van der Waals surface area contributed by atoms with Crippen molar-refractivity contribution in [1.29, 1.82) is 0 Å². The van der Waals surface area contributed by atoms with Crippen LogP contribution in [-0.2, 0) is 0 Å². The molecule has 0 heterocycles. The molecule has 0 aromatic carbocycles. The van der Waals surface area contributed by atoms with Crippen molar-refractivity contribution < 1.29 is 0 Å². The molecule has 0 rings (SSSR count). The topological polar surface area (TPSA) is 0 Å². The molecule has 0 amide bonds. The molecule has 0 aliphatic rings. The van der Waals surface area contributed by atoms with Crippen LogP contribution in [0.4, 0.5) is 0 Å². The molecule has 0 saturated carbocycles. The van der Waals surface area contributed by atoms with Crippen LogP contribution in [0.2, 0.25) is 0 Å². The predicted molar refractivity (Wildman–Crippen MR) is 46.9 cm³/mol. The number of rotatable bonds is 3. The lowest BCUT2D eigenvalue weighted by atomic mass is 10.4. The molecule has 1 heteroatoms. The van der Waals surface area contributed by atoms with Crippen molar-refractivity contribution in [1.82, 2.24) is 0 Å². The van der Waals surface area contributed by atoms with Crippen LogP contribution >= 0.6 is 15.9 Å². The standard InChI is InChI=1S/C8H11Br/c1-3-4-5-6-7-8(2)9/h3-8H,1H2,2H3/b5-4-,7-6+. The number of halogens is 1. The second kappa shape index (κ2) is 5.83. The van der Waals surface area contributed by atoms with Gasteiger partial charge in [-0.05, 0) is 6.92 Å². The molecule has 0 nitrogen and oxygen atoms in total. The molecule has 0 aromatic rings. The van der Waals surface area contributed by atoms with Gasteiger partial charge >= 0.3 is 0 Å². The Hall–Kier alpha value is -0.300. The minimum Gasteiger partial charge on any atom is -0.0991 e. The highest BCUT2D eigenvalue weighted by atomic mass is 79.9. The molecule has 0 bridgehead atoms. The molecular weight excluding hydrogens is 176 g/mol. The van der Waals surface area contributed by atoms with Crippen molar-refractivity contribution in [2.45, 2.75) is 11.8 Å². The molecular formula is C8H11Br. The van der Waals surface area contributed by atoms with Crippen LogP contribution in [0.3, 0.4) is 0 Å². The van der Waals surface area contributed by atoms with E-state index in [1.807, 2.05) is 18.2 Å². The van der Waals surface area contributed by atoms with E-state index in [0.717, 1.165) is 0 Å². The average molecular weight is 187 g/mol. The summed E-state index contributed by atoms with van der Waals surface area (Å²) in [6.07, 6.45) is 9.64. The lowest BCUT2D eigenvalue weighted by molar-refractivity contribution is 1.27. The predicted octanol–water partition coefficient (Wildman–Crippen LogP) is 3.07. The molecule has 0 aliphatic carbocycles. The number of alkyl halides is 1. The third kappa shape index (κ3) is 7.70. The maximum atomic E-state index is 3.54. The fourth-order valence-corrected chi connectivity index (χ4v) is 0.536. The summed E-state index contributed by atoms with van der Waals surface area (Å²) in [6.45, 7) is 5.61. The van der Waals surface area contributed by atoms with E-state index in [0.29, 0.717) is 4.83 Å². The first-order chi connectivity index (χ1) is 4.27. The Morgan fingerprint density at radius 3 is 2.44 bits per heavy atom. The van der Waals surface area contributed by atoms with Gasteiger partial charge in [0.25, 0.3) is 0 Å². The normalized spacial score (nSPS) is 14.9. The first kappa shape index (κ1) is 8.70. The highest BCUT2D eigenvalue weighted by Crippen LogP contribution is 1.97. The van der Waals surface area contributed by atoms with Crippen LogP contribution in [0.1, 0.15) is 6.92 Å². The van der Waals surface area contributed by atoms with Gasteiger partial charge < -0.3 is 0 Å². The van der Waals surface area contributed by atoms with Gasteiger partial charge in [-0.15, -0.1) is 0 Å². The van der Waals surface area contributed by atoms with E-state index in [-0.39, 0.29) is 0 Å². The van der Waals surface area contributed by atoms with Crippen molar-refractivity contribution in [3.8, 4) is 0 Å². The molecule has 1 atom stereocenters. The SMILES string of the molecule is C=C/C=C\C=C\C(C)Br. The van der Waals surface area contributed by atoms with Crippen molar-refractivity contribution in [2.24, 2.45) is 0 Å². The summed E-state index contributed by atoms with van der Waals surface area (Å²) in [7, 11) is 0. The van der Waals surface area contributed by atoms with E-state index >= 15 is 0 Å². The van der Waals surface area contributed by atoms with Crippen LogP contribution in [0.5, 0.6) is 0 Å². The van der Waals surface area contributed by atoms with Crippen molar-refractivity contribution in [3.63, 3.8) is 0 Å². The molecule has 9 heavy (non-hydrogen) atoms. The number of hydrogen-bond acceptors (Lipinski definition) is 0. The van der Waals surface area contributed by atoms with Crippen LogP contribution in [0.25, 0.3) is 0 Å². The first-order valence-electron chi connectivity index (χ1n) is 2.87. The maximum Gasteiger partial charge on any atom is 0.0300 e. The quantitative estimate of drug-likeness (QED) is 0.470. The van der Waals surface area contributed by atoms with E-state index in [2.05, 4.69) is 35.5 Å². The van der Waals surface area contributed by atoms with Crippen LogP contribution < -0.4 is 0 Å². The Balaban J connectivity index is 3.46. The Morgan fingerprint density at radius 1 is 1.33 bits per heavy atom. The van der Waals surface area contributed by atoms with E-state index in [9.17, 15) is 0 Å². The summed E-state index contributed by atoms with van der Waals surface area (Å²) >= 11 is 3.38. The van der Waals surface area contributed by atoms with E-state index in [4.69, 9.17) is 0 Å². The molecule has 50 valence electrons. The molecule has 1 unspecified atom stereocenters. The van der Waals surface area contributed by atoms with Gasteiger partial charge in [-0.1, -0.05) is 52.9 Å². The molecule has 0 aromatic heterocycles. The minimum atomic E-state index is 0.451. The first-order valence-corrected chi connectivity index (χ1v) is 3.79. The Kier molecular flexibility index (Phi) is 5.64. The molecule has 0 aliphatic heterocycles. The number of hydrogen-bond donors (Lipinski definition) is 0. The third-order valence-electron chi connectivity index (χ3n) is 0.735. The minimum absolute atomic E-state index is 0.451. The lowest BCUT2D eigenvalue weighted by Gasteiger charge is -1.85. The molecule has 0 spiro atoms. The van der Waals surface area contributed by atoms with Crippen LogP contribution in [0, 0.1) is 0 Å². The van der Waals surface area contributed by atoms with Crippen molar-refractivity contribution >= 4 is 15.9 Å². The molecule has 0 N–H and O–H groups in total. The van der Waals surface area contributed by atoms with E-state index in [1.54, 1.807) is 6.08 Å². The van der Waals surface area contributed by atoms with Gasteiger partial charge in [0.1, 0.15) is 0 Å². The highest BCUT2D eigenvalue weighted by Gasteiger charge is 1.80. The highest BCUT2D eigenvalue weighted by molar-refractivity contribution is 9.09.